The first kappa shape index (κ1) is 13.9. The van der Waals surface area contributed by atoms with Crippen molar-refractivity contribution in [2.75, 3.05) is 19.1 Å². The smallest absolute Gasteiger partial charge is 0.149 e. The molecule has 7 heteroatoms. The first-order valence-electron chi connectivity index (χ1n) is 4.84. The molecule has 1 rings (SSSR count). The normalized spacial score (nSPS) is 13.4. The Morgan fingerprint density at radius 1 is 1.53 bits per heavy atom. The zero-order valence-electron chi connectivity index (χ0n) is 9.60. The first-order valence-corrected chi connectivity index (χ1v) is 6.90. The molecule has 1 aromatic rings. The van der Waals surface area contributed by atoms with E-state index >= 15 is 0 Å². The van der Waals surface area contributed by atoms with Gasteiger partial charge in [-0.2, -0.15) is 0 Å². The van der Waals surface area contributed by atoms with E-state index < -0.39 is 21.7 Å². The van der Waals surface area contributed by atoms with E-state index in [2.05, 4.69) is 5.43 Å². The summed E-state index contributed by atoms with van der Waals surface area (Å²) in [5, 5.41) is 0. The van der Waals surface area contributed by atoms with Crippen molar-refractivity contribution in [3.63, 3.8) is 0 Å². The molecule has 0 amide bonds. The van der Waals surface area contributed by atoms with Crippen LogP contribution in [0.25, 0.3) is 0 Å². The summed E-state index contributed by atoms with van der Waals surface area (Å²) in [7, 11) is -1.82. The van der Waals surface area contributed by atoms with Gasteiger partial charge >= 0.3 is 0 Å². The number of rotatable bonds is 5. The number of hydrogen-bond acceptors (Lipinski definition) is 5. The van der Waals surface area contributed by atoms with Crippen LogP contribution in [0, 0.1) is 5.82 Å². The van der Waals surface area contributed by atoms with Crippen LogP contribution in [0.2, 0.25) is 0 Å². The van der Waals surface area contributed by atoms with Crippen molar-refractivity contribution >= 4 is 9.84 Å². The van der Waals surface area contributed by atoms with Gasteiger partial charge in [-0.1, -0.05) is 0 Å². The number of nitrogens with two attached hydrogens (primary N) is 1. The molecule has 3 N–H and O–H groups in total. The third kappa shape index (κ3) is 3.95. The predicted octanol–water partition coefficient (Wildman–Crippen LogP) is 0.383. The highest BCUT2D eigenvalue weighted by atomic mass is 32.2. The molecule has 5 nitrogen and oxygen atoms in total. The number of ether oxygens (including phenoxy) is 1. The quantitative estimate of drug-likeness (QED) is 0.592. The first-order chi connectivity index (χ1) is 7.87. The minimum atomic E-state index is -3.24. The van der Waals surface area contributed by atoms with Crippen LogP contribution in [-0.4, -0.2) is 27.5 Å². The zero-order valence-corrected chi connectivity index (χ0v) is 10.4. The lowest BCUT2D eigenvalue weighted by molar-refractivity contribution is 0.400. The van der Waals surface area contributed by atoms with Crippen LogP contribution in [0.15, 0.2) is 18.2 Å². The van der Waals surface area contributed by atoms with Gasteiger partial charge in [-0.3, -0.25) is 11.3 Å². The number of benzene rings is 1. The van der Waals surface area contributed by atoms with Gasteiger partial charge in [0.1, 0.15) is 21.4 Å². The molecule has 17 heavy (non-hydrogen) atoms. The van der Waals surface area contributed by atoms with Crippen molar-refractivity contribution in [3.8, 4) is 5.75 Å². The number of hydrazine groups is 1. The predicted molar refractivity (Wildman–Crippen MR) is 62.7 cm³/mol. The monoisotopic (exact) mass is 262 g/mol. The van der Waals surface area contributed by atoms with Gasteiger partial charge < -0.3 is 4.74 Å². The van der Waals surface area contributed by atoms with Crippen molar-refractivity contribution in [2.24, 2.45) is 5.84 Å². The van der Waals surface area contributed by atoms with Gasteiger partial charge in [0.2, 0.25) is 0 Å². The van der Waals surface area contributed by atoms with Crippen molar-refractivity contribution in [2.45, 2.75) is 6.04 Å². The molecule has 0 saturated carbocycles. The van der Waals surface area contributed by atoms with E-state index in [1.165, 1.54) is 25.3 Å². The molecule has 0 radical (unpaired) electrons. The summed E-state index contributed by atoms with van der Waals surface area (Å²) in [6.45, 7) is 0. The summed E-state index contributed by atoms with van der Waals surface area (Å²) in [5.41, 5.74) is 2.73. The van der Waals surface area contributed by atoms with Gasteiger partial charge in [-0.25, -0.2) is 12.8 Å². The average Bonchev–Trinajstić information content (AvgIpc) is 2.24. The lowest BCUT2D eigenvalue weighted by atomic mass is 10.1. The van der Waals surface area contributed by atoms with Crippen molar-refractivity contribution in [1.82, 2.24) is 5.43 Å². The molecule has 0 bridgehead atoms. The Morgan fingerprint density at radius 2 is 2.18 bits per heavy atom. The van der Waals surface area contributed by atoms with Crippen LogP contribution >= 0.6 is 0 Å². The molecule has 1 aromatic carbocycles. The maximum Gasteiger partial charge on any atom is 0.149 e. The minimum absolute atomic E-state index is 0.233. The molecule has 0 saturated heterocycles. The second-order valence-electron chi connectivity index (χ2n) is 3.70. The Balaban J connectivity index is 3.14. The van der Waals surface area contributed by atoms with Crippen LogP contribution in [0.1, 0.15) is 11.6 Å². The Labute approximate surface area is 99.7 Å². The van der Waals surface area contributed by atoms with Gasteiger partial charge in [0, 0.05) is 11.8 Å². The maximum absolute atomic E-state index is 13.1. The molecular formula is C10H15FN2O3S. The summed E-state index contributed by atoms with van der Waals surface area (Å²) in [5.74, 6) is 4.97. The van der Waals surface area contributed by atoms with Gasteiger partial charge in [0.15, 0.2) is 0 Å². The second-order valence-corrected chi connectivity index (χ2v) is 5.88. The van der Waals surface area contributed by atoms with E-state index in [4.69, 9.17) is 10.6 Å². The highest BCUT2D eigenvalue weighted by Gasteiger charge is 2.20. The van der Waals surface area contributed by atoms with E-state index in [1.54, 1.807) is 0 Å². The van der Waals surface area contributed by atoms with Crippen LogP contribution in [0.3, 0.4) is 0 Å². The Bertz CT molecular complexity index is 490. The molecule has 0 aliphatic heterocycles. The van der Waals surface area contributed by atoms with E-state index in [1.807, 2.05) is 0 Å². The topological polar surface area (TPSA) is 81.4 Å². The SMILES string of the molecule is COc1ccc(F)cc1C(CS(C)(=O)=O)NN. The van der Waals surface area contributed by atoms with Crippen LogP contribution in [-0.2, 0) is 9.84 Å². The van der Waals surface area contributed by atoms with Crippen LogP contribution in [0.4, 0.5) is 4.39 Å². The maximum atomic E-state index is 13.1. The van der Waals surface area contributed by atoms with Gasteiger partial charge in [-0.15, -0.1) is 0 Å². The zero-order chi connectivity index (χ0) is 13.1. The Kier molecular flexibility index (Phi) is 4.44. The van der Waals surface area contributed by atoms with Gasteiger partial charge in [0.25, 0.3) is 0 Å². The molecule has 0 heterocycles. The van der Waals surface area contributed by atoms with Crippen molar-refractivity contribution in [3.05, 3.63) is 29.6 Å². The van der Waals surface area contributed by atoms with Crippen molar-refractivity contribution in [1.29, 1.82) is 0 Å². The molecule has 0 aliphatic carbocycles. The molecule has 1 unspecified atom stereocenters. The Hall–Kier alpha value is -1.18. The van der Waals surface area contributed by atoms with Gasteiger partial charge in [0.05, 0.1) is 18.9 Å². The third-order valence-electron chi connectivity index (χ3n) is 2.24. The number of halogens is 1. The molecule has 96 valence electrons. The fourth-order valence-electron chi connectivity index (χ4n) is 1.51. The number of hydrogen-bond donors (Lipinski definition) is 2. The molecular weight excluding hydrogens is 247 g/mol. The van der Waals surface area contributed by atoms with E-state index in [9.17, 15) is 12.8 Å². The summed E-state index contributed by atoms with van der Waals surface area (Å²) >= 11 is 0. The van der Waals surface area contributed by atoms with E-state index in [0.717, 1.165) is 6.26 Å². The fourth-order valence-corrected chi connectivity index (χ4v) is 2.39. The van der Waals surface area contributed by atoms with E-state index in [-0.39, 0.29) is 5.75 Å². The molecule has 0 spiro atoms. The third-order valence-corrected chi connectivity index (χ3v) is 3.18. The second kappa shape index (κ2) is 5.44. The molecule has 0 fully saturated rings. The largest absolute Gasteiger partial charge is 0.496 e. The summed E-state index contributed by atoms with van der Waals surface area (Å²) in [6, 6.07) is 3.15. The molecule has 0 aromatic heterocycles. The molecule has 0 aliphatic rings. The number of sulfone groups is 1. The number of nitrogens with one attached hydrogen (secondary N) is 1. The summed E-state index contributed by atoms with van der Waals surface area (Å²) < 4.78 is 40.6. The minimum Gasteiger partial charge on any atom is -0.496 e. The van der Waals surface area contributed by atoms with Crippen LogP contribution in [0.5, 0.6) is 5.75 Å². The van der Waals surface area contributed by atoms with Crippen LogP contribution < -0.4 is 16.0 Å². The number of methoxy groups -OCH3 is 1. The average molecular weight is 262 g/mol. The molecule has 1 atom stereocenters. The van der Waals surface area contributed by atoms with Crippen molar-refractivity contribution < 1.29 is 17.5 Å². The van der Waals surface area contributed by atoms with E-state index in [0.29, 0.717) is 11.3 Å². The summed E-state index contributed by atoms with van der Waals surface area (Å²) in [4.78, 5) is 0. The lowest BCUT2D eigenvalue weighted by Gasteiger charge is -2.18. The Morgan fingerprint density at radius 3 is 2.65 bits per heavy atom. The summed E-state index contributed by atoms with van der Waals surface area (Å²) in [6.07, 6.45) is 1.09. The van der Waals surface area contributed by atoms with Gasteiger partial charge in [-0.05, 0) is 18.2 Å². The standard InChI is InChI=1S/C10H15FN2O3S/c1-16-10-4-3-7(11)5-8(10)9(13-12)6-17(2,14)15/h3-5,9,13H,6,12H2,1-2H3. The highest BCUT2D eigenvalue weighted by molar-refractivity contribution is 7.90. The highest BCUT2D eigenvalue weighted by Crippen LogP contribution is 2.26. The fraction of sp³-hybridized carbons (Fsp3) is 0.400. The lowest BCUT2D eigenvalue weighted by Crippen LogP contribution is -2.33.